The van der Waals surface area contributed by atoms with Crippen molar-refractivity contribution < 1.29 is 4.79 Å². The minimum absolute atomic E-state index is 0.117. The summed E-state index contributed by atoms with van der Waals surface area (Å²) in [6.07, 6.45) is 3.29. The normalized spacial score (nSPS) is 10.3. The Morgan fingerprint density at radius 1 is 1.56 bits per heavy atom. The number of aromatic nitrogens is 4. The molecule has 1 amide bonds. The highest BCUT2D eigenvalue weighted by Crippen LogP contribution is 2.13. The predicted molar refractivity (Wildman–Crippen MR) is 55.6 cm³/mol. The molecular weight excluding hydrogens is 210 g/mol. The number of amides is 1. The monoisotopic (exact) mass is 219 g/mol. The van der Waals surface area contributed by atoms with Crippen molar-refractivity contribution in [2.45, 2.75) is 0 Å². The van der Waals surface area contributed by atoms with Gasteiger partial charge in [0.05, 0.1) is 11.9 Å². The molecule has 3 N–H and O–H groups in total. The lowest BCUT2D eigenvalue weighted by Crippen LogP contribution is -2.24. The Bertz CT molecular complexity index is 598. The summed E-state index contributed by atoms with van der Waals surface area (Å²) in [7, 11) is 1.75. The third kappa shape index (κ3) is 1.70. The molecular formula is C9H9N5O2. The zero-order chi connectivity index (χ0) is 11.7. The fourth-order valence-corrected chi connectivity index (χ4v) is 1.29. The van der Waals surface area contributed by atoms with Gasteiger partial charge in [0.15, 0.2) is 0 Å². The molecule has 7 heteroatoms. The summed E-state index contributed by atoms with van der Waals surface area (Å²) in [6, 6.07) is 1.35. The Hall–Kier alpha value is -2.44. The molecule has 0 saturated carbocycles. The van der Waals surface area contributed by atoms with Gasteiger partial charge in [-0.25, -0.2) is 5.10 Å². The number of hydrogen-bond donors (Lipinski definition) is 2. The second kappa shape index (κ2) is 3.61. The zero-order valence-corrected chi connectivity index (χ0v) is 8.47. The van der Waals surface area contributed by atoms with E-state index in [0.717, 1.165) is 0 Å². The number of carbonyl (C=O) groups is 1. The van der Waals surface area contributed by atoms with Crippen LogP contribution in [0.3, 0.4) is 0 Å². The molecule has 0 radical (unpaired) electrons. The Morgan fingerprint density at radius 2 is 2.31 bits per heavy atom. The molecule has 0 saturated heterocycles. The minimum Gasteiger partial charge on any atom is -0.365 e. The topological polar surface area (TPSA) is 107 Å². The predicted octanol–water partition coefficient (Wildman–Crippen LogP) is -0.731. The van der Waals surface area contributed by atoms with Gasteiger partial charge in [0.2, 0.25) is 0 Å². The van der Waals surface area contributed by atoms with Gasteiger partial charge >= 0.3 is 0 Å². The molecule has 2 aromatic heterocycles. The Morgan fingerprint density at radius 3 is 2.88 bits per heavy atom. The van der Waals surface area contributed by atoms with Crippen LogP contribution in [0, 0.1) is 0 Å². The summed E-state index contributed by atoms with van der Waals surface area (Å²) in [5, 5.41) is 9.98. The lowest BCUT2D eigenvalue weighted by atomic mass is 10.2. The quantitative estimate of drug-likeness (QED) is 0.694. The maximum Gasteiger partial charge on any atom is 0.277 e. The average molecular weight is 219 g/mol. The average Bonchev–Trinajstić information content (AvgIpc) is 2.65. The molecule has 0 unspecified atom stereocenters. The molecule has 0 aromatic carbocycles. The number of carbonyl (C=O) groups excluding carboxylic acids is 1. The van der Waals surface area contributed by atoms with Crippen LogP contribution in [0.4, 0.5) is 0 Å². The molecule has 0 spiro atoms. The summed E-state index contributed by atoms with van der Waals surface area (Å²) < 4.78 is 1.59. The first kappa shape index (κ1) is 10.1. The van der Waals surface area contributed by atoms with E-state index in [9.17, 15) is 9.59 Å². The van der Waals surface area contributed by atoms with Crippen molar-refractivity contribution in [1.29, 1.82) is 0 Å². The van der Waals surface area contributed by atoms with Crippen LogP contribution in [0.5, 0.6) is 0 Å². The summed E-state index contributed by atoms with van der Waals surface area (Å²) in [6.45, 7) is 0. The largest absolute Gasteiger partial charge is 0.365 e. The van der Waals surface area contributed by atoms with E-state index in [0.29, 0.717) is 11.3 Å². The lowest BCUT2D eigenvalue weighted by molar-refractivity contribution is 0.0998. The van der Waals surface area contributed by atoms with Gasteiger partial charge in [0.1, 0.15) is 5.56 Å². The lowest BCUT2D eigenvalue weighted by Gasteiger charge is -1.97. The van der Waals surface area contributed by atoms with Crippen LogP contribution in [0.2, 0.25) is 0 Å². The van der Waals surface area contributed by atoms with E-state index in [1.165, 1.54) is 6.07 Å². The second-order valence-corrected chi connectivity index (χ2v) is 3.26. The smallest absolute Gasteiger partial charge is 0.277 e. The minimum atomic E-state index is -0.784. The van der Waals surface area contributed by atoms with Crippen molar-refractivity contribution in [2.24, 2.45) is 12.8 Å². The first-order valence-electron chi connectivity index (χ1n) is 4.46. The van der Waals surface area contributed by atoms with Crippen LogP contribution in [0.1, 0.15) is 10.4 Å². The molecule has 7 nitrogen and oxygen atoms in total. The van der Waals surface area contributed by atoms with Crippen LogP contribution in [-0.4, -0.2) is 25.9 Å². The molecule has 16 heavy (non-hydrogen) atoms. The fraction of sp³-hybridized carbons (Fsp3) is 0.111. The zero-order valence-electron chi connectivity index (χ0n) is 8.47. The molecule has 0 aliphatic carbocycles. The van der Waals surface area contributed by atoms with Crippen molar-refractivity contribution >= 4 is 5.91 Å². The van der Waals surface area contributed by atoms with Crippen LogP contribution >= 0.6 is 0 Å². The van der Waals surface area contributed by atoms with Gasteiger partial charge in [-0.2, -0.15) is 10.2 Å². The van der Waals surface area contributed by atoms with E-state index in [1.54, 1.807) is 24.1 Å². The molecule has 0 aliphatic heterocycles. The van der Waals surface area contributed by atoms with Crippen molar-refractivity contribution in [3.63, 3.8) is 0 Å². The third-order valence-corrected chi connectivity index (χ3v) is 2.07. The highest BCUT2D eigenvalue weighted by Gasteiger charge is 2.10. The number of H-pyrrole nitrogens is 1. The van der Waals surface area contributed by atoms with E-state index < -0.39 is 11.5 Å². The van der Waals surface area contributed by atoms with E-state index in [4.69, 9.17) is 5.73 Å². The van der Waals surface area contributed by atoms with Crippen molar-refractivity contribution in [2.75, 3.05) is 0 Å². The number of aryl methyl sites for hydroxylation is 1. The summed E-state index contributed by atoms with van der Waals surface area (Å²) >= 11 is 0. The highest BCUT2D eigenvalue weighted by atomic mass is 16.2. The van der Waals surface area contributed by atoms with Gasteiger partial charge in [0.25, 0.3) is 11.5 Å². The third-order valence-electron chi connectivity index (χ3n) is 2.07. The van der Waals surface area contributed by atoms with E-state index >= 15 is 0 Å². The molecule has 82 valence electrons. The molecule has 2 rings (SSSR count). The molecule has 2 aromatic rings. The summed E-state index contributed by atoms with van der Waals surface area (Å²) in [4.78, 5) is 22.2. The Balaban J connectivity index is 2.55. The maximum atomic E-state index is 11.2. The molecule has 2 heterocycles. The molecule has 0 fully saturated rings. The molecule has 0 aliphatic rings. The number of hydrogen-bond acceptors (Lipinski definition) is 4. The van der Waals surface area contributed by atoms with E-state index in [1.807, 2.05) is 0 Å². The number of rotatable bonds is 2. The Labute approximate surface area is 89.9 Å². The number of aromatic amines is 1. The van der Waals surface area contributed by atoms with Crippen LogP contribution in [0.15, 0.2) is 23.3 Å². The first-order chi connectivity index (χ1) is 7.58. The molecule has 0 atom stereocenters. The number of nitrogens with zero attached hydrogens (tertiary/aromatic N) is 3. The van der Waals surface area contributed by atoms with Crippen LogP contribution in [0.25, 0.3) is 11.3 Å². The first-order valence-corrected chi connectivity index (χ1v) is 4.46. The van der Waals surface area contributed by atoms with Gasteiger partial charge in [-0.3, -0.25) is 14.3 Å². The Kier molecular flexibility index (Phi) is 2.28. The van der Waals surface area contributed by atoms with Gasteiger partial charge in [-0.15, -0.1) is 0 Å². The number of primary amides is 1. The van der Waals surface area contributed by atoms with Gasteiger partial charge in [-0.1, -0.05) is 0 Å². The van der Waals surface area contributed by atoms with Crippen LogP contribution in [-0.2, 0) is 7.05 Å². The fourth-order valence-electron chi connectivity index (χ4n) is 1.29. The maximum absolute atomic E-state index is 11.2. The highest BCUT2D eigenvalue weighted by molar-refractivity contribution is 5.93. The second-order valence-electron chi connectivity index (χ2n) is 3.26. The standard InChI is InChI=1S/C9H9N5O2/c1-14-4-5(3-11-14)7-2-6(8(10)15)9(16)13-12-7/h2-4H,1H3,(H2,10,15)(H,13,16). The van der Waals surface area contributed by atoms with Crippen molar-refractivity contribution in [3.8, 4) is 11.3 Å². The van der Waals surface area contributed by atoms with Gasteiger partial charge < -0.3 is 5.73 Å². The van der Waals surface area contributed by atoms with E-state index in [-0.39, 0.29) is 5.56 Å². The van der Waals surface area contributed by atoms with Crippen molar-refractivity contribution in [1.82, 2.24) is 20.0 Å². The van der Waals surface area contributed by atoms with Crippen molar-refractivity contribution in [3.05, 3.63) is 34.4 Å². The molecule has 0 bridgehead atoms. The summed E-state index contributed by atoms with van der Waals surface area (Å²) in [5.74, 6) is -0.784. The SMILES string of the molecule is Cn1cc(-c2cc(C(N)=O)c(=O)[nH]n2)cn1. The van der Waals surface area contributed by atoms with Crippen LogP contribution < -0.4 is 11.3 Å². The van der Waals surface area contributed by atoms with E-state index in [2.05, 4.69) is 15.3 Å². The number of nitrogens with one attached hydrogen (secondary N) is 1. The van der Waals surface area contributed by atoms with Gasteiger partial charge in [0, 0.05) is 18.8 Å². The summed E-state index contributed by atoms with van der Waals surface area (Å²) in [5.41, 5.74) is 5.49. The van der Waals surface area contributed by atoms with Gasteiger partial charge in [-0.05, 0) is 6.07 Å². The number of nitrogens with two attached hydrogens (primary N) is 1.